The van der Waals surface area contributed by atoms with Gasteiger partial charge in [0.25, 0.3) is 0 Å². The van der Waals surface area contributed by atoms with E-state index in [9.17, 15) is 4.79 Å². The molecule has 48 valence electrons. The minimum absolute atomic E-state index is 0.327. The lowest BCUT2D eigenvalue weighted by Crippen LogP contribution is -1.92. The lowest BCUT2D eigenvalue weighted by molar-refractivity contribution is -0.137. The lowest BCUT2D eigenvalue weighted by Gasteiger charge is -1.89. The second-order valence-corrected chi connectivity index (χ2v) is 1.85. The van der Waals surface area contributed by atoms with Crippen LogP contribution in [0.3, 0.4) is 0 Å². The van der Waals surface area contributed by atoms with E-state index >= 15 is 0 Å². The fourth-order valence-corrected chi connectivity index (χ4v) is 0.526. The predicted octanol–water partition coefficient (Wildman–Crippen LogP) is 1.65. The number of unbranched alkanes of at least 4 members (excludes halogenated alkanes) is 2. The molecule has 0 saturated carbocycles. The maximum Gasteiger partial charge on any atom is 0.303 e. The van der Waals surface area contributed by atoms with Crippen LogP contribution in [0.25, 0.3) is 0 Å². The summed E-state index contributed by atoms with van der Waals surface area (Å²) < 4.78 is 0. The third kappa shape index (κ3) is 5.47. The summed E-state index contributed by atoms with van der Waals surface area (Å²) in [6.07, 6.45) is 3.28. The van der Waals surface area contributed by atoms with Crippen molar-refractivity contribution in [1.29, 1.82) is 0 Å². The highest BCUT2D eigenvalue weighted by Crippen LogP contribution is 1.97. The third-order valence-corrected chi connectivity index (χ3v) is 0.994. The van der Waals surface area contributed by atoms with Gasteiger partial charge in [-0.15, -0.1) is 0 Å². The zero-order valence-electron chi connectivity index (χ0n) is 5.18. The molecule has 0 radical (unpaired) electrons. The van der Waals surface area contributed by atoms with E-state index in [-0.39, 0.29) is 0 Å². The Morgan fingerprint density at radius 3 is 2.50 bits per heavy atom. The first-order chi connectivity index (χ1) is 3.77. The van der Waals surface area contributed by atoms with Crippen LogP contribution in [-0.4, -0.2) is 11.1 Å². The second kappa shape index (κ2) is 4.62. The molecule has 0 amide bonds. The van der Waals surface area contributed by atoms with Crippen LogP contribution in [0.1, 0.15) is 32.6 Å². The number of hydrogen-bond donors (Lipinski definition) is 1. The molecule has 0 bridgehead atoms. The third-order valence-electron chi connectivity index (χ3n) is 0.994. The van der Waals surface area contributed by atoms with E-state index in [4.69, 9.17) is 5.11 Å². The van der Waals surface area contributed by atoms with Gasteiger partial charge in [-0.1, -0.05) is 19.8 Å². The molecule has 0 aromatic rings. The standard InChI is InChI=1S/C6H12O2/c1-2-3-4-5-6(7)8/h2-5H2,1H3,(H,7,8)/i6+2. The highest BCUT2D eigenvalue weighted by Gasteiger charge is 1.92. The summed E-state index contributed by atoms with van der Waals surface area (Å²) in [6.45, 7) is 2.06. The Balaban J connectivity index is 2.82. The van der Waals surface area contributed by atoms with Crippen molar-refractivity contribution in [3.05, 3.63) is 0 Å². The average Bonchev–Trinajstić information content (AvgIpc) is 1.66. The van der Waals surface area contributed by atoms with Crippen molar-refractivity contribution in [2.45, 2.75) is 32.6 Å². The maximum atomic E-state index is 9.87. The number of aliphatic carboxylic acids is 1. The van der Waals surface area contributed by atoms with E-state index in [0.717, 1.165) is 19.3 Å². The van der Waals surface area contributed by atoms with Crippen molar-refractivity contribution >= 4 is 5.97 Å². The maximum absolute atomic E-state index is 9.87. The normalized spacial score (nSPS) is 9.12. The molecule has 0 unspecified atom stereocenters. The van der Waals surface area contributed by atoms with Crippen molar-refractivity contribution in [2.24, 2.45) is 0 Å². The van der Waals surface area contributed by atoms with Gasteiger partial charge >= 0.3 is 5.97 Å². The Kier molecular flexibility index (Phi) is 4.32. The largest absolute Gasteiger partial charge is 0.481 e. The number of carboxylic acids is 1. The fraction of sp³-hybridized carbons (Fsp3) is 0.833. The molecule has 0 rings (SSSR count). The molecule has 0 atom stereocenters. The van der Waals surface area contributed by atoms with E-state index in [0.29, 0.717) is 6.42 Å². The molecule has 0 aliphatic carbocycles. The van der Waals surface area contributed by atoms with Crippen LogP contribution < -0.4 is 0 Å². The first-order valence-electron chi connectivity index (χ1n) is 2.99. The van der Waals surface area contributed by atoms with E-state index < -0.39 is 5.97 Å². The molecule has 0 aromatic carbocycles. The molecule has 2 nitrogen and oxygen atoms in total. The second-order valence-electron chi connectivity index (χ2n) is 1.85. The quantitative estimate of drug-likeness (QED) is 0.570. The molecule has 0 saturated heterocycles. The lowest BCUT2D eigenvalue weighted by atomic mass is 10.3. The zero-order valence-corrected chi connectivity index (χ0v) is 5.18. The molecule has 0 aliphatic heterocycles. The molecular formula is C6H12O2. The summed E-state index contributed by atoms with van der Waals surface area (Å²) in [7, 11) is 0. The summed E-state index contributed by atoms with van der Waals surface area (Å²) in [6, 6.07) is 0. The first kappa shape index (κ1) is 7.47. The van der Waals surface area contributed by atoms with E-state index in [2.05, 4.69) is 6.92 Å². The minimum Gasteiger partial charge on any atom is -0.481 e. The highest BCUT2D eigenvalue weighted by molar-refractivity contribution is 5.66. The smallest absolute Gasteiger partial charge is 0.303 e. The van der Waals surface area contributed by atoms with Gasteiger partial charge < -0.3 is 5.11 Å². The summed E-state index contributed by atoms with van der Waals surface area (Å²) in [5, 5.41) is 8.14. The van der Waals surface area contributed by atoms with E-state index in [1.807, 2.05) is 0 Å². The average molecular weight is 118 g/mol. The predicted molar refractivity (Wildman–Crippen MR) is 31.8 cm³/mol. The van der Waals surface area contributed by atoms with Gasteiger partial charge in [0.05, 0.1) is 0 Å². The van der Waals surface area contributed by atoms with Crippen LogP contribution >= 0.6 is 0 Å². The number of carbonyl (C=O) groups is 1. The molecule has 0 aromatic heterocycles. The topological polar surface area (TPSA) is 37.3 Å². The molecule has 0 fully saturated rings. The molecule has 1 N–H and O–H groups in total. The van der Waals surface area contributed by atoms with Crippen LogP contribution in [0.4, 0.5) is 0 Å². The van der Waals surface area contributed by atoms with Crippen molar-refractivity contribution in [1.82, 2.24) is 0 Å². The number of carboxylic acid groups (broad SMARTS) is 1. The van der Waals surface area contributed by atoms with Gasteiger partial charge in [0.15, 0.2) is 0 Å². The van der Waals surface area contributed by atoms with Crippen LogP contribution in [0.5, 0.6) is 0 Å². The number of rotatable bonds is 4. The molecule has 0 aliphatic rings. The minimum atomic E-state index is -0.682. The first-order valence-corrected chi connectivity index (χ1v) is 2.99. The van der Waals surface area contributed by atoms with Gasteiger partial charge in [0, 0.05) is 6.42 Å². The van der Waals surface area contributed by atoms with Gasteiger partial charge in [-0.2, -0.15) is 0 Å². The molecule has 0 spiro atoms. The van der Waals surface area contributed by atoms with E-state index in [1.165, 1.54) is 0 Å². The van der Waals surface area contributed by atoms with Crippen LogP contribution in [0.15, 0.2) is 0 Å². The number of hydrogen-bond acceptors (Lipinski definition) is 1. The highest BCUT2D eigenvalue weighted by atomic mass is 16.6. The SMILES string of the molecule is CCCCC[14C](=O)O. The van der Waals surface area contributed by atoms with Crippen LogP contribution in [0, 0.1) is 0 Å². The van der Waals surface area contributed by atoms with Gasteiger partial charge in [-0.3, -0.25) is 4.79 Å². The van der Waals surface area contributed by atoms with Crippen LogP contribution in [0.2, 0.25) is 0 Å². The Labute approximate surface area is 49.5 Å². The van der Waals surface area contributed by atoms with Crippen molar-refractivity contribution in [3.63, 3.8) is 0 Å². The molecule has 2 heteroatoms. The molecule has 8 heavy (non-hydrogen) atoms. The van der Waals surface area contributed by atoms with Crippen molar-refractivity contribution in [2.75, 3.05) is 0 Å². The van der Waals surface area contributed by atoms with Crippen LogP contribution in [-0.2, 0) is 4.79 Å². The Morgan fingerprint density at radius 1 is 1.50 bits per heavy atom. The summed E-state index contributed by atoms with van der Waals surface area (Å²) in [4.78, 5) is 9.87. The Morgan fingerprint density at radius 2 is 2.12 bits per heavy atom. The molecular weight excluding hydrogens is 106 g/mol. The van der Waals surface area contributed by atoms with E-state index in [1.54, 1.807) is 0 Å². The van der Waals surface area contributed by atoms with Gasteiger partial charge in [0.2, 0.25) is 0 Å². The fourth-order valence-electron chi connectivity index (χ4n) is 0.526. The van der Waals surface area contributed by atoms with Crippen molar-refractivity contribution < 1.29 is 9.90 Å². The van der Waals surface area contributed by atoms with Crippen molar-refractivity contribution in [3.8, 4) is 0 Å². The van der Waals surface area contributed by atoms with Gasteiger partial charge in [-0.25, -0.2) is 0 Å². The Bertz CT molecular complexity index is 68.9. The molecule has 0 heterocycles. The summed E-state index contributed by atoms with van der Waals surface area (Å²) in [5.74, 6) is -0.682. The Hall–Kier alpha value is -0.530. The van der Waals surface area contributed by atoms with Gasteiger partial charge in [0.1, 0.15) is 0 Å². The monoisotopic (exact) mass is 118 g/mol. The summed E-state index contributed by atoms with van der Waals surface area (Å²) >= 11 is 0. The zero-order chi connectivity index (χ0) is 6.41. The van der Waals surface area contributed by atoms with Gasteiger partial charge in [-0.05, 0) is 6.42 Å². The summed E-state index contributed by atoms with van der Waals surface area (Å²) in [5.41, 5.74) is 0.